The van der Waals surface area contributed by atoms with E-state index in [0.29, 0.717) is 5.56 Å². The maximum Gasteiger partial charge on any atom is 0.418 e. The summed E-state index contributed by atoms with van der Waals surface area (Å²) in [7, 11) is 0. The molecular weight excluding hydrogens is 259 g/mol. The van der Waals surface area contributed by atoms with Crippen molar-refractivity contribution in [3.8, 4) is 0 Å². The molecule has 6 heteroatoms. The molecule has 100 valence electrons. The first-order valence-corrected chi connectivity index (χ1v) is 5.40. The lowest BCUT2D eigenvalue weighted by Gasteiger charge is -2.13. The predicted molar refractivity (Wildman–Crippen MR) is 62.8 cm³/mol. The number of amides is 1. The second-order valence-corrected chi connectivity index (χ2v) is 3.98. The Labute approximate surface area is 107 Å². The van der Waals surface area contributed by atoms with E-state index in [4.69, 9.17) is 4.42 Å². The van der Waals surface area contributed by atoms with Crippen LogP contribution in [0.2, 0.25) is 0 Å². The Morgan fingerprint density at radius 1 is 1.26 bits per heavy atom. The lowest BCUT2D eigenvalue weighted by molar-refractivity contribution is -0.136. The average molecular weight is 269 g/mol. The minimum absolute atomic E-state index is 0.0466. The molecule has 19 heavy (non-hydrogen) atoms. The molecule has 0 saturated carbocycles. The van der Waals surface area contributed by atoms with Gasteiger partial charge in [-0.05, 0) is 36.8 Å². The number of hydrogen-bond donors (Lipinski definition) is 1. The first kappa shape index (κ1) is 13.2. The van der Waals surface area contributed by atoms with Crippen molar-refractivity contribution in [2.75, 3.05) is 5.32 Å². The van der Waals surface area contributed by atoms with Gasteiger partial charge in [-0.15, -0.1) is 0 Å². The SMILES string of the molecule is Cc1ccc(C(F)(F)F)c(NC(=O)c2ccco2)c1. The third kappa shape index (κ3) is 2.96. The van der Waals surface area contributed by atoms with E-state index < -0.39 is 17.6 Å². The lowest BCUT2D eigenvalue weighted by Crippen LogP contribution is -2.16. The average Bonchev–Trinajstić information content (AvgIpc) is 2.80. The van der Waals surface area contributed by atoms with Crippen LogP contribution in [0.25, 0.3) is 0 Å². The number of nitrogens with one attached hydrogen (secondary N) is 1. The summed E-state index contributed by atoms with van der Waals surface area (Å²) in [5.41, 5.74) is -0.561. The molecule has 2 aromatic rings. The normalized spacial score (nSPS) is 11.4. The largest absolute Gasteiger partial charge is 0.459 e. The Kier molecular flexibility index (Phi) is 3.33. The Bertz CT molecular complexity index is 588. The summed E-state index contributed by atoms with van der Waals surface area (Å²) in [4.78, 5) is 11.7. The molecule has 1 aromatic heterocycles. The van der Waals surface area contributed by atoms with Gasteiger partial charge in [-0.1, -0.05) is 6.07 Å². The number of carbonyl (C=O) groups is 1. The zero-order valence-corrected chi connectivity index (χ0v) is 9.91. The van der Waals surface area contributed by atoms with Crippen LogP contribution in [0.3, 0.4) is 0 Å². The molecule has 3 nitrogen and oxygen atoms in total. The minimum atomic E-state index is -4.53. The molecular formula is C13H10F3NO2. The van der Waals surface area contributed by atoms with E-state index in [-0.39, 0.29) is 11.4 Å². The van der Waals surface area contributed by atoms with Crippen LogP contribution in [0.15, 0.2) is 41.0 Å². The van der Waals surface area contributed by atoms with E-state index in [1.54, 1.807) is 6.92 Å². The molecule has 0 aliphatic carbocycles. The van der Waals surface area contributed by atoms with E-state index in [1.165, 1.54) is 30.5 Å². The quantitative estimate of drug-likeness (QED) is 0.899. The molecule has 0 atom stereocenters. The number of anilines is 1. The summed E-state index contributed by atoms with van der Waals surface area (Å²) in [6.07, 6.45) is -3.25. The van der Waals surface area contributed by atoms with Crippen molar-refractivity contribution in [3.05, 3.63) is 53.5 Å². The Morgan fingerprint density at radius 3 is 2.58 bits per heavy atom. The van der Waals surface area contributed by atoms with Crippen LogP contribution in [0.5, 0.6) is 0 Å². The lowest BCUT2D eigenvalue weighted by atomic mass is 10.1. The number of hydrogen-bond acceptors (Lipinski definition) is 2. The van der Waals surface area contributed by atoms with E-state index >= 15 is 0 Å². The highest BCUT2D eigenvalue weighted by molar-refractivity contribution is 6.02. The van der Waals surface area contributed by atoms with Gasteiger partial charge in [0.15, 0.2) is 5.76 Å². The fourth-order valence-electron chi connectivity index (χ4n) is 1.60. The molecule has 0 radical (unpaired) electrons. The van der Waals surface area contributed by atoms with Crippen LogP contribution in [-0.2, 0) is 6.18 Å². The van der Waals surface area contributed by atoms with Crippen LogP contribution in [0.1, 0.15) is 21.7 Å². The van der Waals surface area contributed by atoms with Gasteiger partial charge in [-0.25, -0.2) is 0 Å². The molecule has 0 unspecified atom stereocenters. The van der Waals surface area contributed by atoms with Crippen molar-refractivity contribution >= 4 is 11.6 Å². The molecule has 0 fully saturated rings. The van der Waals surface area contributed by atoms with Crippen LogP contribution in [-0.4, -0.2) is 5.91 Å². The Hall–Kier alpha value is -2.24. The molecule has 1 amide bonds. The first-order valence-electron chi connectivity index (χ1n) is 5.40. The predicted octanol–water partition coefficient (Wildman–Crippen LogP) is 3.86. The highest BCUT2D eigenvalue weighted by atomic mass is 19.4. The number of alkyl halides is 3. The summed E-state index contributed by atoms with van der Waals surface area (Å²) in [6.45, 7) is 1.64. The van der Waals surface area contributed by atoms with Crippen LogP contribution in [0, 0.1) is 6.92 Å². The Morgan fingerprint density at radius 2 is 2.00 bits per heavy atom. The fourth-order valence-corrected chi connectivity index (χ4v) is 1.60. The van der Waals surface area contributed by atoms with Gasteiger partial charge in [-0.3, -0.25) is 4.79 Å². The third-order valence-electron chi connectivity index (χ3n) is 2.47. The van der Waals surface area contributed by atoms with Crippen LogP contribution in [0.4, 0.5) is 18.9 Å². The molecule has 1 aromatic carbocycles. The van der Waals surface area contributed by atoms with Gasteiger partial charge in [0, 0.05) is 0 Å². The van der Waals surface area contributed by atoms with Gasteiger partial charge in [0.2, 0.25) is 0 Å². The van der Waals surface area contributed by atoms with Gasteiger partial charge in [0.1, 0.15) is 0 Å². The number of benzene rings is 1. The van der Waals surface area contributed by atoms with Gasteiger partial charge >= 0.3 is 6.18 Å². The van der Waals surface area contributed by atoms with Crippen LogP contribution < -0.4 is 5.32 Å². The number of rotatable bonds is 2. The second-order valence-electron chi connectivity index (χ2n) is 3.98. The van der Waals surface area contributed by atoms with Gasteiger partial charge in [0.05, 0.1) is 17.5 Å². The monoisotopic (exact) mass is 269 g/mol. The van der Waals surface area contributed by atoms with Crippen molar-refractivity contribution in [1.82, 2.24) is 0 Å². The van der Waals surface area contributed by atoms with E-state index in [2.05, 4.69) is 5.32 Å². The first-order chi connectivity index (χ1) is 8.88. The molecule has 1 heterocycles. The molecule has 0 aliphatic rings. The standard InChI is InChI=1S/C13H10F3NO2/c1-8-4-5-9(13(14,15)16)10(7-8)17-12(18)11-3-2-6-19-11/h2-7H,1H3,(H,17,18). The zero-order chi connectivity index (χ0) is 14.0. The maximum atomic E-state index is 12.8. The van der Waals surface area contributed by atoms with Crippen molar-refractivity contribution in [2.24, 2.45) is 0 Å². The molecule has 0 spiro atoms. The van der Waals surface area contributed by atoms with E-state index in [1.807, 2.05) is 0 Å². The van der Waals surface area contributed by atoms with Crippen LogP contribution >= 0.6 is 0 Å². The fraction of sp³-hybridized carbons (Fsp3) is 0.154. The summed E-state index contributed by atoms with van der Waals surface area (Å²) >= 11 is 0. The third-order valence-corrected chi connectivity index (χ3v) is 2.47. The number of halogens is 3. The smallest absolute Gasteiger partial charge is 0.418 e. The molecule has 0 aliphatic heterocycles. The van der Waals surface area contributed by atoms with Crippen molar-refractivity contribution in [2.45, 2.75) is 13.1 Å². The molecule has 0 saturated heterocycles. The summed E-state index contributed by atoms with van der Waals surface area (Å²) in [6, 6.07) is 6.40. The molecule has 0 bridgehead atoms. The summed E-state index contributed by atoms with van der Waals surface area (Å²) < 4.78 is 43.2. The summed E-state index contributed by atoms with van der Waals surface area (Å²) in [5.74, 6) is -0.768. The van der Waals surface area contributed by atoms with Crippen molar-refractivity contribution in [3.63, 3.8) is 0 Å². The van der Waals surface area contributed by atoms with E-state index in [0.717, 1.165) is 6.07 Å². The molecule has 1 N–H and O–H groups in total. The van der Waals surface area contributed by atoms with Gasteiger partial charge < -0.3 is 9.73 Å². The molecule has 2 rings (SSSR count). The second kappa shape index (κ2) is 4.79. The summed E-state index contributed by atoms with van der Waals surface area (Å²) in [5, 5.41) is 2.21. The van der Waals surface area contributed by atoms with Crippen molar-refractivity contribution in [1.29, 1.82) is 0 Å². The highest BCUT2D eigenvalue weighted by Gasteiger charge is 2.34. The minimum Gasteiger partial charge on any atom is -0.459 e. The maximum absolute atomic E-state index is 12.8. The highest BCUT2D eigenvalue weighted by Crippen LogP contribution is 2.35. The Balaban J connectivity index is 2.34. The van der Waals surface area contributed by atoms with Gasteiger partial charge in [0.25, 0.3) is 5.91 Å². The van der Waals surface area contributed by atoms with E-state index in [9.17, 15) is 18.0 Å². The number of furan rings is 1. The van der Waals surface area contributed by atoms with Gasteiger partial charge in [-0.2, -0.15) is 13.2 Å². The zero-order valence-electron chi connectivity index (χ0n) is 9.91. The van der Waals surface area contributed by atoms with Crippen molar-refractivity contribution < 1.29 is 22.4 Å². The topological polar surface area (TPSA) is 42.2 Å². The number of aryl methyl sites for hydroxylation is 1. The number of carbonyl (C=O) groups excluding carboxylic acids is 1.